The van der Waals surface area contributed by atoms with Crippen LogP contribution >= 0.6 is 58.8 Å². The van der Waals surface area contributed by atoms with Crippen LogP contribution in [-0.4, -0.2) is 37.1 Å². The van der Waals surface area contributed by atoms with Gasteiger partial charge in [-0.1, -0.05) is 65.3 Å². The van der Waals surface area contributed by atoms with Crippen LogP contribution in [0.4, 0.5) is 0 Å². The first-order valence-electron chi connectivity index (χ1n) is 10.2. The highest BCUT2D eigenvalue weighted by molar-refractivity contribution is 6.42. The van der Waals surface area contributed by atoms with Gasteiger partial charge in [-0.25, -0.2) is 4.79 Å². The summed E-state index contributed by atoms with van der Waals surface area (Å²) in [5.41, 5.74) is 1.32. The number of nitrogens with zero attached hydrogens (tertiary/aromatic N) is 1. The van der Waals surface area contributed by atoms with Crippen molar-refractivity contribution < 1.29 is 9.53 Å². The lowest BCUT2D eigenvalue weighted by Gasteiger charge is -2.24. The average molecular weight is 526 g/mol. The number of ether oxygens (including phenoxy) is 1. The molecule has 1 fully saturated rings. The summed E-state index contributed by atoms with van der Waals surface area (Å²) in [6.07, 6.45) is 5.93. The largest absolute Gasteiger partial charge is 0.461 e. The topological polar surface area (TPSA) is 29.5 Å². The fraction of sp³-hybridized carbons (Fsp3) is 0.435. The Bertz CT molecular complexity index is 869. The molecular formula is C23H26Cl5NO2. The first kappa shape index (κ1) is 26.6. The molecule has 0 aliphatic carbocycles. The molecule has 1 atom stereocenters. The fourth-order valence-corrected chi connectivity index (χ4v) is 4.51. The SMILES string of the molecule is Cl.O=C(OCC(CCN1CCCCCC1)c1ccc(Cl)c(Cl)c1)c1ccc(Cl)cc1Cl. The summed E-state index contributed by atoms with van der Waals surface area (Å²) < 4.78 is 5.64. The van der Waals surface area contributed by atoms with Gasteiger partial charge in [0, 0.05) is 10.9 Å². The number of hydrogen-bond donors (Lipinski definition) is 0. The van der Waals surface area contributed by atoms with Gasteiger partial charge in [0.1, 0.15) is 0 Å². The monoisotopic (exact) mass is 523 g/mol. The molecule has 0 aromatic heterocycles. The number of carbonyl (C=O) groups excluding carboxylic acids is 1. The number of likely N-dealkylation sites (tertiary alicyclic amines) is 1. The molecule has 3 nitrogen and oxygen atoms in total. The van der Waals surface area contributed by atoms with E-state index in [1.54, 1.807) is 18.2 Å². The standard InChI is InChI=1S/C23H25Cl4NO2.ClH/c24-18-6-7-19(21(26)14-18)23(29)30-15-17(16-5-8-20(25)22(27)13-16)9-12-28-10-3-1-2-4-11-28;/h5-8,13-14,17H,1-4,9-12,15H2;1H. The molecule has 3 rings (SSSR count). The van der Waals surface area contributed by atoms with E-state index in [0.717, 1.165) is 31.6 Å². The Kier molecular flexibility index (Phi) is 11.3. The van der Waals surface area contributed by atoms with Crippen molar-refractivity contribution in [2.24, 2.45) is 0 Å². The van der Waals surface area contributed by atoms with Crippen molar-refractivity contribution in [3.8, 4) is 0 Å². The van der Waals surface area contributed by atoms with Crippen molar-refractivity contribution >= 4 is 64.8 Å². The molecule has 1 aliphatic heterocycles. The Morgan fingerprint density at radius 2 is 1.61 bits per heavy atom. The number of esters is 1. The number of benzene rings is 2. The van der Waals surface area contributed by atoms with Crippen LogP contribution in [0.1, 0.15) is 53.9 Å². The van der Waals surface area contributed by atoms with Gasteiger partial charge in [-0.15, -0.1) is 12.4 Å². The molecular weight excluding hydrogens is 500 g/mol. The van der Waals surface area contributed by atoms with Gasteiger partial charge in [0.2, 0.25) is 0 Å². The second-order valence-electron chi connectivity index (χ2n) is 7.64. The van der Waals surface area contributed by atoms with Crippen molar-refractivity contribution in [2.75, 3.05) is 26.2 Å². The van der Waals surface area contributed by atoms with E-state index in [-0.39, 0.29) is 30.0 Å². The zero-order valence-corrected chi connectivity index (χ0v) is 20.9. The summed E-state index contributed by atoms with van der Waals surface area (Å²) in [7, 11) is 0. The lowest BCUT2D eigenvalue weighted by Crippen LogP contribution is -2.28. The molecule has 0 N–H and O–H groups in total. The molecule has 8 heteroatoms. The first-order valence-corrected chi connectivity index (χ1v) is 11.7. The molecule has 0 amide bonds. The van der Waals surface area contributed by atoms with Gasteiger partial charge < -0.3 is 9.64 Å². The molecule has 0 saturated carbocycles. The predicted octanol–water partition coefficient (Wildman–Crippen LogP) is 7.93. The normalized spacial score (nSPS) is 15.6. The van der Waals surface area contributed by atoms with Crippen molar-refractivity contribution in [1.29, 1.82) is 0 Å². The van der Waals surface area contributed by atoms with E-state index < -0.39 is 5.97 Å². The van der Waals surface area contributed by atoms with Gasteiger partial charge in [0.05, 0.1) is 27.2 Å². The molecule has 0 bridgehead atoms. The highest BCUT2D eigenvalue weighted by Crippen LogP contribution is 2.29. The van der Waals surface area contributed by atoms with Gasteiger partial charge in [0.15, 0.2) is 0 Å². The minimum Gasteiger partial charge on any atom is -0.461 e. The Labute approximate surface area is 210 Å². The number of halogens is 5. The van der Waals surface area contributed by atoms with Crippen LogP contribution in [0, 0.1) is 0 Å². The fourth-order valence-electron chi connectivity index (χ4n) is 3.72. The Balaban J connectivity index is 0.00000341. The molecule has 1 saturated heterocycles. The maximum atomic E-state index is 12.6. The van der Waals surface area contributed by atoms with Gasteiger partial charge in [0.25, 0.3) is 0 Å². The Hall–Kier alpha value is -0.680. The minimum absolute atomic E-state index is 0. The third-order valence-electron chi connectivity index (χ3n) is 5.47. The minimum atomic E-state index is -0.462. The molecule has 2 aromatic rings. The molecule has 1 aliphatic rings. The van der Waals surface area contributed by atoms with E-state index in [1.165, 1.54) is 31.7 Å². The summed E-state index contributed by atoms with van der Waals surface area (Å²) >= 11 is 24.4. The molecule has 2 aromatic carbocycles. The summed E-state index contributed by atoms with van der Waals surface area (Å²) in [6.45, 7) is 3.43. The Morgan fingerprint density at radius 1 is 0.903 bits per heavy atom. The van der Waals surface area contributed by atoms with E-state index in [4.69, 9.17) is 51.1 Å². The van der Waals surface area contributed by atoms with E-state index in [1.807, 2.05) is 12.1 Å². The van der Waals surface area contributed by atoms with E-state index >= 15 is 0 Å². The second kappa shape index (κ2) is 13.1. The van der Waals surface area contributed by atoms with Crippen molar-refractivity contribution in [3.63, 3.8) is 0 Å². The quantitative estimate of drug-likeness (QED) is 0.344. The molecule has 170 valence electrons. The second-order valence-corrected chi connectivity index (χ2v) is 9.30. The molecule has 1 unspecified atom stereocenters. The van der Waals surface area contributed by atoms with Gasteiger partial charge in [-0.3, -0.25) is 0 Å². The third kappa shape index (κ3) is 7.99. The predicted molar refractivity (Wildman–Crippen MR) is 133 cm³/mol. The highest BCUT2D eigenvalue weighted by Gasteiger charge is 2.20. The van der Waals surface area contributed by atoms with Crippen molar-refractivity contribution in [3.05, 3.63) is 67.6 Å². The van der Waals surface area contributed by atoms with Crippen LogP contribution in [-0.2, 0) is 4.74 Å². The average Bonchev–Trinajstić information content (AvgIpc) is 2.99. The van der Waals surface area contributed by atoms with Crippen molar-refractivity contribution in [2.45, 2.75) is 38.0 Å². The molecule has 31 heavy (non-hydrogen) atoms. The number of rotatable bonds is 7. The maximum Gasteiger partial charge on any atom is 0.339 e. The lowest BCUT2D eigenvalue weighted by atomic mass is 9.96. The van der Waals surface area contributed by atoms with E-state index in [2.05, 4.69) is 4.90 Å². The smallest absolute Gasteiger partial charge is 0.339 e. The van der Waals surface area contributed by atoms with Crippen LogP contribution < -0.4 is 0 Å². The lowest BCUT2D eigenvalue weighted by molar-refractivity contribution is 0.0471. The van der Waals surface area contributed by atoms with Crippen LogP contribution in [0.3, 0.4) is 0 Å². The summed E-state index contributed by atoms with van der Waals surface area (Å²) in [4.78, 5) is 15.1. The van der Waals surface area contributed by atoms with Crippen LogP contribution in [0.25, 0.3) is 0 Å². The highest BCUT2D eigenvalue weighted by atomic mass is 35.5. The van der Waals surface area contributed by atoms with E-state index in [9.17, 15) is 4.79 Å². The third-order valence-corrected chi connectivity index (χ3v) is 6.76. The zero-order valence-electron chi connectivity index (χ0n) is 17.1. The summed E-state index contributed by atoms with van der Waals surface area (Å²) in [6, 6.07) is 10.3. The van der Waals surface area contributed by atoms with Crippen LogP contribution in [0.2, 0.25) is 20.1 Å². The van der Waals surface area contributed by atoms with Crippen LogP contribution in [0.15, 0.2) is 36.4 Å². The number of hydrogen-bond acceptors (Lipinski definition) is 3. The first-order chi connectivity index (χ1) is 14.4. The summed E-state index contributed by atoms with van der Waals surface area (Å²) in [5.74, 6) is -0.449. The van der Waals surface area contributed by atoms with Gasteiger partial charge >= 0.3 is 5.97 Å². The van der Waals surface area contributed by atoms with Crippen LogP contribution in [0.5, 0.6) is 0 Å². The summed E-state index contributed by atoms with van der Waals surface area (Å²) in [5, 5.41) is 1.77. The molecule has 1 heterocycles. The molecule has 0 spiro atoms. The van der Waals surface area contributed by atoms with Gasteiger partial charge in [-0.05, 0) is 74.8 Å². The number of carbonyl (C=O) groups is 1. The zero-order chi connectivity index (χ0) is 21.5. The van der Waals surface area contributed by atoms with Gasteiger partial charge in [-0.2, -0.15) is 0 Å². The molecule has 0 radical (unpaired) electrons. The van der Waals surface area contributed by atoms with Crippen molar-refractivity contribution in [1.82, 2.24) is 4.90 Å². The van der Waals surface area contributed by atoms with E-state index in [0.29, 0.717) is 20.6 Å². The Morgan fingerprint density at radius 3 is 2.26 bits per heavy atom. The maximum absolute atomic E-state index is 12.6.